The molecule has 0 unspecified atom stereocenters. The van der Waals surface area contributed by atoms with Crippen LogP contribution < -0.4 is 4.74 Å². The number of ether oxygens (including phenoxy) is 1. The van der Waals surface area contributed by atoms with Gasteiger partial charge in [-0.2, -0.15) is 17.6 Å². The van der Waals surface area contributed by atoms with E-state index >= 15 is 0 Å². The van der Waals surface area contributed by atoms with E-state index in [-0.39, 0.29) is 5.91 Å². The molecule has 1 aromatic carbocycles. The summed E-state index contributed by atoms with van der Waals surface area (Å²) in [6, 6.07) is 5.18. The van der Waals surface area contributed by atoms with E-state index in [0.717, 1.165) is 23.9 Å². The van der Waals surface area contributed by atoms with Gasteiger partial charge in [0.15, 0.2) is 0 Å². The van der Waals surface area contributed by atoms with E-state index in [9.17, 15) is 22.4 Å². The smallest absolute Gasteiger partial charge is 0.428 e. The van der Waals surface area contributed by atoms with Crippen molar-refractivity contribution in [2.75, 3.05) is 6.54 Å². The molecule has 124 valence electrons. The van der Waals surface area contributed by atoms with Crippen LogP contribution in [-0.2, 0) is 4.79 Å². The van der Waals surface area contributed by atoms with Crippen molar-refractivity contribution < 1.29 is 27.1 Å². The lowest BCUT2D eigenvalue weighted by molar-refractivity contribution is -0.253. The Labute approximate surface area is 139 Å². The highest BCUT2D eigenvalue weighted by molar-refractivity contribution is 8.26. The Bertz CT molecular complexity index is 664. The molecule has 0 spiro atoms. The first kappa shape index (κ1) is 17.7. The van der Waals surface area contributed by atoms with Crippen LogP contribution in [0, 0.1) is 0 Å². The Morgan fingerprint density at radius 1 is 1.43 bits per heavy atom. The molecule has 1 saturated heterocycles. The van der Waals surface area contributed by atoms with Gasteiger partial charge < -0.3 is 4.74 Å². The molecule has 1 fully saturated rings. The predicted octanol–water partition coefficient (Wildman–Crippen LogP) is 4.14. The van der Waals surface area contributed by atoms with Gasteiger partial charge in [-0.15, -0.1) is 0 Å². The summed E-state index contributed by atoms with van der Waals surface area (Å²) in [5.74, 6) is -0.707. The number of halogens is 4. The molecular weight excluding hydrogens is 354 g/mol. The second-order valence-corrected chi connectivity index (χ2v) is 6.14. The number of benzene rings is 1. The van der Waals surface area contributed by atoms with Crippen molar-refractivity contribution in [2.45, 2.75) is 19.5 Å². The van der Waals surface area contributed by atoms with Crippen LogP contribution in [0.2, 0.25) is 0 Å². The molecule has 1 aliphatic heterocycles. The molecule has 0 saturated carbocycles. The molecule has 1 heterocycles. The standard InChI is InChI=1S/C14H11F4NO2S2/c1-2-19-11(20)10(23-13(19)22)7-8-4-3-5-9(6-8)21-14(17,18)12(15)16/h3-7,12H,2H2,1H3. The molecule has 3 nitrogen and oxygen atoms in total. The van der Waals surface area contributed by atoms with Gasteiger partial charge in [-0.25, -0.2) is 0 Å². The minimum atomic E-state index is -4.58. The maximum absolute atomic E-state index is 12.9. The predicted molar refractivity (Wildman–Crippen MR) is 83.6 cm³/mol. The Balaban J connectivity index is 2.23. The number of hydrogen-bond acceptors (Lipinski definition) is 4. The molecule has 1 amide bonds. The summed E-state index contributed by atoms with van der Waals surface area (Å²) in [5.41, 5.74) is 0.365. The van der Waals surface area contributed by atoms with Crippen LogP contribution in [0.5, 0.6) is 5.75 Å². The number of nitrogens with zero attached hydrogens (tertiary/aromatic N) is 1. The number of amides is 1. The lowest BCUT2D eigenvalue weighted by Gasteiger charge is -2.16. The van der Waals surface area contributed by atoms with Crippen molar-refractivity contribution >= 4 is 40.3 Å². The number of thiocarbonyl (C=S) groups is 1. The Hall–Kier alpha value is -1.61. The highest BCUT2D eigenvalue weighted by atomic mass is 32.2. The molecule has 0 atom stereocenters. The number of hydrogen-bond donors (Lipinski definition) is 0. The summed E-state index contributed by atoms with van der Waals surface area (Å²) in [6.07, 6.45) is -7.07. The van der Waals surface area contributed by atoms with Crippen LogP contribution in [0.1, 0.15) is 12.5 Å². The third-order valence-corrected chi connectivity index (χ3v) is 4.23. The molecule has 1 aliphatic rings. The molecule has 0 aromatic heterocycles. The van der Waals surface area contributed by atoms with Gasteiger partial charge in [0.25, 0.3) is 5.91 Å². The fourth-order valence-corrected chi connectivity index (χ4v) is 3.18. The maximum Gasteiger partial charge on any atom is 0.461 e. The molecule has 1 aromatic rings. The maximum atomic E-state index is 12.9. The summed E-state index contributed by atoms with van der Waals surface area (Å²) in [7, 11) is 0. The second-order valence-electron chi connectivity index (χ2n) is 4.46. The number of thioether (sulfide) groups is 1. The molecule has 9 heteroatoms. The average molecular weight is 365 g/mol. The van der Waals surface area contributed by atoms with Crippen molar-refractivity contribution in [3.8, 4) is 5.75 Å². The van der Waals surface area contributed by atoms with Crippen LogP contribution in [0.4, 0.5) is 17.6 Å². The van der Waals surface area contributed by atoms with E-state index < -0.39 is 18.3 Å². The monoisotopic (exact) mass is 365 g/mol. The van der Waals surface area contributed by atoms with Gasteiger partial charge in [0.2, 0.25) is 0 Å². The molecule has 2 rings (SSSR count). The highest BCUT2D eigenvalue weighted by Crippen LogP contribution is 2.33. The molecule has 0 aliphatic carbocycles. The molecule has 0 radical (unpaired) electrons. The average Bonchev–Trinajstić information content (AvgIpc) is 2.72. The molecule has 0 bridgehead atoms. The quantitative estimate of drug-likeness (QED) is 0.446. The van der Waals surface area contributed by atoms with Gasteiger partial charge in [-0.3, -0.25) is 9.69 Å². The number of alkyl halides is 4. The van der Waals surface area contributed by atoms with Crippen molar-refractivity contribution in [3.05, 3.63) is 34.7 Å². The van der Waals surface area contributed by atoms with Gasteiger partial charge in [-0.05, 0) is 30.7 Å². The highest BCUT2D eigenvalue weighted by Gasteiger charge is 2.44. The van der Waals surface area contributed by atoms with Gasteiger partial charge in [0, 0.05) is 6.54 Å². The number of likely N-dealkylation sites (N-methyl/N-ethyl adjacent to an activating group) is 1. The van der Waals surface area contributed by atoms with E-state index in [1.165, 1.54) is 23.1 Å². The first-order valence-electron chi connectivity index (χ1n) is 6.45. The van der Waals surface area contributed by atoms with Crippen LogP contribution >= 0.6 is 24.0 Å². The second kappa shape index (κ2) is 6.88. The Morgan fingerprint density at radius 2 is 2.13 bits per heavy atom. The van der Waals surface area contributed by atoms with Crippen LogP contribution in [0.15, 0.2) is 29.2 Å². The lowest BCUT2D eigenvalue weighted by atomic mass is 10.2. The fraction of sp³-hybridized carbons (Fsp3) is 0.286. The first-order chi connectivity index (χ1) is 10.7. The molecule has 0 N–H and O–H groups in total. The van der Waals surface area contributed by atoms with Crippen molar-refractivity contribution in [3.63, 3.8) is 0 Å². The van der Waals surface area contributed by atoms with Crippen molar-refractivity contribution in [1.82, 2.24) is 4.90 Å². The summed E-state index contributed by atoms with van der Waals surface area (Å²) in [5, 5.41) is 0. The topological polar surface area (TPSA) is 29.5 Å². The SMILES string of the molecule is CCN1C(=O)C(=Cc2cccc(OC(F)(F)C(F)F)c2)SC1=S. The largest absolute Gasteiger partial charge is 0.461 e. The summed E-state index contributed by atoms with van der Waals surface area (Å²) >= 11 is 6.14. The number of carbonyl (C=O) groups excluding carboxylic acids is 1. The van der Waals surface area contributed by atoms with Crippen molar-refractivity contribution in [1.29, 1.82) is 0 Å². The zero-order chi connectivity index (χ0) is 17.2. The molecular formula is C14H11F4NO2S2. The minimum absolute atomic E-state index is 0.285. The summed E-state index contributed by atoms with van der Waals surface area (Å²) in [6.45, 7) is 2.19. The molecule has 23 heavy (non-hydrogen) atoms. The number of carbonyl (C=O) groups is 1. The lowest BCUT2D eigenvalue weighted by Crippen LogP contribution is -2.33. The zero-order valence-electron chi connectivity index (χ0n) is 11.8. The first-order valence-corrected chi connectivity index (χ1v) is 7.67. The Morgan fingerprint density at radius 3 is 2.70 bits per heavy atom. The third kappa shape index (κ3) is 4.03. The van der Waals surface area contributed by atoms with E-state index in [4.69, 9.17) is 12.2 Å². The minimum Gasteiger partial charge on any atom is -0.428 e. The van der Waals surface area contributed by atoms with Gasteiger partial charge in [-0.1, -0.05) is 36.1 Å². The van der Waals surface area contributed by atoms with Gasteiger partial charge in [0.1, 0.15) is 10.1 Å². The van der Waals surface area contributed by atoms with Crippen LogP contribution in [0.25, 0.3) is 6.08 Å². The Kier molecular flexibility index (Phi) is 5.30. The van der Waals surface area contributed by atoms with E-state index in [0.29, 0.717) is 21.3 Å². The van der Waals surface area contributed by atoms with Crippen LogP contribution in [-0.4, -0.2) is 34.2 Å². The normalized spacial score (nSPS) is 17.5. The van der Waals surface area contributed by atoms with E-state index in [2.05, 4.69) is 4.74 Å². The third-order valence-electron chi connectivity index (χ3n) is 2.85. The van der Waals surface area contributed by atoms with Crippen LogP contribution in [0.3, 0.4) is 0 Å². The summed E-state index contributed by atoms with van der Waals surface area (Å²) in [4.78, 5) is 13.8. The van der Waals surface area contributed by atoms with E-state index in [1.54, 1.807) is 6.92 Å². The fourth-order valence-electron chi connectivity index (χ4n) is 1.79. The van der Waals surface area contributed by atoms with Crippen molar-refractivity contribution in [2.24, 2.45) is 0 Å². The van der Waals surface area contributed by atoms with Gasteiger partial charge in [0.05, 0.1) is 4.91 Å². The number of rotatable bonds is 5. The zero-order valence-corrected chi connectivity index (χ0v) is 13.4. The van der Waals surface area contributed by atoms with Gasteiger partial charge >= 0.3 is 12.5 Å². The van der Waals surface area contributed by atoms with E-state index in [1.807, 2.05) is 0 Å². The summed E-state index contributed by atoms with van der Waals surface area (Å²) < 4.78 is 54.5.